The number of aliphatic hydroxyl groups excluding tert-OH is 1. The summed E-state index contributed by atoms with van der Waals surface area (Å²) in [6, 6.07) is 22.0. The van der Waals surface area contributed by atoms with Crippen molar-refractivity contribution < 1.29 is 33.6 Å². The van der Waals surface area contributed by atoms with Crippen LogP contribution in [0.4, 0.5) is 4.79 Å². The van der Waals surface area contributed by atoms with Crippen molar-refractivity contribution >= 4 is 60.8 Å². The summed E-state index contributed by atoms with van der Waals surface area (Å²) in [6.07, 6.45) is 0.417. The number of hydrogen-bond donors (Lipinski definition) is 4. The third-order valence-corrected chi connectivity index (χ3v) is 8.51. The topological polar surface area (TPSA) is 140 Å². The molecule has 5 rings (SSSR count). The number of amides is 2. The van der Waals surface area contributed by atoms with Gasteiger partial charge in [-0.25, -0.2) is 9.59 Å². The van der Waals surface area contributed by atoms with Crippen molar-refractivity contribution in [2.75, 3.05) is 20.3 Å². The third-order valence-electron chi connectivity index (χ3n) is 7.33. The van der Waals surface area contributed by atoms with Gasteiger partial charge in [0, 0.05) is 5.70 Å². The highest BCUT2D eigenvalue weighted by molar-refractivity contribution is 9.11. The highest BCUT2D eigenvalue weighted by Crippen LogP contribution is 2.36. The predicted octanol–water partition coefficient (Wildman–Crippen LogP) is 6.46. The number of fused-ring (bicyclic) bond motifs is 1. The molecule has 2 atom stereocenters. The zero-order valence-electron chi connectivity index (χ0n) is 26.4. The summed E-state index contributed by atoms with van der Waals surface area (Å²) >= 11 is 7.17. The van der Waals surface area contributed by atoms with E-state index in [1.54, 1.807) is 31.3 Å². The Kier molecular flexibility index (Phi) is 11.6. The summed E-state index contributed by atoms with van der Waals surface area (Å²) in [4.78, 5) is 24.7. The Morgan fingerprint density at radius 3 is 2.48 bits per heavy atom. The molecular weight excluding hydrogens is 748 g/mol. The van der Waals surface area contributed by atoms with Crippen LogP contribution in [-0.2, 0) is 16.1 Å². The molecule has 0 bridgehead atoms. The number of rotatable bonds is 13. The van der Waals surface area contributed by atoms with Crippen molar-refractivity contribution in [1.82, 2.24) is 16.1 Å². The molecule has 0 saturated carbocycles. The van der Waals surface area contributed by atoms with Crippen LogP contribution >= 0.6 is 31.9 Å². The number of carbonyl (C=O) groups is 2. The van der Waals surface area contributed by atoms with Crippen LogP contribution < -0.4 is 30.3 Å². The molecule has 4 aromatic rings. The highest BCUT2D eigenvalue weighted by Gasteiger charge is 2.32. The number of hydrazone groups is 1. The second-order valence-corrected chi connectivity index (χ2v) is 12.4. The Morgan fingerprint density at radius 2 is 1.75 bits per heavy atom. The fraction of sp³-hybridized carbons (Fsp3) is 0.229. The SMILES string of the molecule is CCOc1cc([C@@H]2NC(=O)NC(C)=C2C(=O)OC)ccc1OC[C@H](O)N/N=C\c1cc(Br)c(OCc2ccc3ccccc3c2)c(Br)c1. The summed E-state index contributed by atoms with van der Waals surface area (Å²) in [5.41, 5.74) is 5.71. The number of hydrogen-bond acceptors (Lipinski definition) is 9. The Morgan fingerprint density at radius 1 is 1.00 bits per heavy atom. The van der Waals surface area contributed by atoms with Gasteiger partial charge < -0.3 is 34.7 Å². The molecule has 0 radical (unpaired) electrons. The number of aliphatic hydroxyl groups is 1. The Balaban J connectivity index is 1.18. The average Bonchev–Trinajstić information content (AvgIpc) is 3.06. The molecule has 2 amide bonds. The minimum absolute atomic E-state index is 0.151. The van der Waals surface area contributed by atoms with E-state index in [0.717, 1.165) is 25.5 Å². The zero-order valence-corrected chi connectivity index (χ0v) is 29.6. The maximum absolute atomic E-state index is 12.5. The van der Waals surface area contributed by atoms with E-state index in [2.05, 4.69) is 83.4 Å². The van der Waals surface area contributed by atoms with Crippen LogP contribution in [0.25, 0.3) is 10.8 Å². The molecule has 1 aliphatic heterocycles. The molecule has 0 aliphatic carbocycles. The first-order valence-electron chi connectivity index (χ1n) is 15.0. The first kappa shape index (κ1) is 34.7. The zero-order chi connectivity index (χ0) is 34.2. The quantitative estimate of drug-likeness (QED) is 0.0525. The maximum Gasteiger partial charge on any atom is 0.337 e. The van der Waals surface area contributed by atoms with Gasteiger partial charge in [-0.1, -0.05) is 42.5 Å². The van der Waals surface area contributed by atoms with Crippen molar-refractivity contribution in [1.29, 1.82) is 0 Å². The number of allylic oxidation sites excluding steroid dienone is 1. The predicted molar refractivity (Wildman–Crippen MR) is 189 cm³/mol. The summed E-state index contributed by atoms with van der Waals surface area (Å²) in [7, 11) is 1.28. The fourth-order valence-corrected chi connectivity index (χ4v) is 6.55. The number of nitrogens with one attached hydrogen (secondary N) is 3. The van der Waals surface area contributed by atoms with Gasteiger partial charge in [-0.05, 0) is 104 Å². The number of methoxy groups -OCH3 is 1. The first-order valence-corrected chi connectivity index (χ1v) is 16.6. The van der Waals surface area contributed by atoms with E-state index in [0.29, 0.717) is 41.7 Å². The first-order chi connectivity index (χ1) is 23.2. The van der Waals surface area contributed by atoms with Crippen molar-refractivity contribution in [2.45, 2.75) is 32.7 Å². The lowest BCUT2D eigenvalue weighted by molar-refractivity contribution is -0.136. The third kappa shape index (κ3) is 8.46. The van der Waals surface area contributed by atoms with Gasteiger partial charge in [0.15, 0.2) is 17.7 Å². The second-order valence-electron chi connectivity index (χ2n) is 10.7. The Labute approximate surface area is 294 Å². The molecule has 0 aromatic heterocycles. The van der Waals surface area contributed by atoms with Gasteiger partial charge in [-0.3, -0.25) is 5.43 Å². The number of urea groups is 1. The van der Waals surface area contributed by atoms with E-state index < -0.39 is 24.3 Å². The van der Waals surface area contributed by atoms with Gasteiger partial charge in [-0.2, -0.15) is 5.10 Å². The van der Waals surface area contributed by atoms with Crippen LogP contribution in [0, 0.1) is 0 Å². The van der Waals surface area contributed by atoms with Gasteiger partial charge in [-0.15, -0.1) is 0 Å². The molecule has 4 N–H and O–H groups in total. The lowest BCUT2D eigenvalue weighted by Crippen LogP contribution is -2.45. The van der Waals surface area contributed by atoms with Crippen LogP contribution in [0.2, 0.25) is 0 Å². The molecule has 13 heteroatoms. The van der Waals surface area contributed by atoms with E-state index in [1.165, 1.54) is 12.5 Å². The fourth-order valence-electron chi connectivity index (χ4n) is 5.10. The lowest BCUT2D eigenvalue weighted by Gasteiger charge is -2.28. The minimum Gasteiger partial charge on any atom is -0.490 e. The second kappa shape index (κ2) is 16.0. The summed E-state index contributed by atoms with van der Waals surface area (Å²) in [5, 5.41) is 22.3. The van der Waals surface area contributed by atoms with E-state index in [9.17, 15) is 14.7 Å². The van der Waals surface area contributed by atoms with Crippen molar-refractivity contribution in [3.8, 4) is 17.2 Å². The van der Waals surface area contributed by atoms with Crippen LogP contribution in [0.1, 0.15) is 36.6 Å². The molecule has 0 spiro atoms. The molecule has 11 nitrogen and oxygen atoms in total. The van der Waals surface area contributed by atoms with Crippen molar-refractivity contribution in [2.24, 2.45) is 5.10 Å². The summed E-state index contributed by atoms with van der Waals surface area (Å²) in [5.74, 6) is 0.822. The molecule has 0 saturated heterocycles. The van der Waals surface area contributed by atoms with Crippen LogP contribution in [0.5, 0.6) is 17.2 Å². The Bertz CT molecular complexity index is 1860. The minimum atomic E-state index is -1.15. The van der Waals surface area contributed by atoms with E-state index in [4.69, 9.17) is 18.9 Å². The number of benzene rings is 4. The van der Waals surface area contributed by atoms with Gasteiger partial charge >= 0.3 is 12.0 Å². The largest absolute Gasteiger partial charge is 0.490 e. The molecule has 0 fully saturated rings. The molecule has 0 unspecified atom stereocenters. The highest BCUT2D eigenvalue weighted by atomic mass is 79.9. The molecule has 250 valence electrons. The van der Waals surface area contributed by atoms with E-state index in [1.807, 2.05) is 31.2 Å². The van der Waals surface area contributed by atoms with Gasteiger partial charge in [0.2, 0.25) is 0 Å². The summed E-state index contributed by atoms with van der Waals surface area (Å²) < 4.78 is 24.1. The normalized spacial score (nSPS) is 15.1. The number of carbonyl (C=O) groups excluding carboxylic acids is 2. The smallest absolute Gasteiger partial charge is 0.337 e. The van der Waals surface area contributed by atoms with Crippen LogP contribution in [0.15, 0.2) is 98.1 Å². The Hall–Kier alpha value is -4.59. The van der Waals surface area contributed by atoms with Crippen LogP contribution in [0.3, 0.4) is 0 Å². The number of nitrogens with zero attached hydrogens (tertiary/aromatic N) is 1. The molecule has 48 heavy (non-hydrogen) atoms. The monoisotopic (exact) mass is 780 g/mol. The number of ether oxygens (including phenoxy) is 4. The van der Waals surface area contributed by atoms with E-state index >= 15 is 0 Å². The number of halogens is 2. The number of esters is 1. The molecular formula is C35H34Br2N4O7. The maximum atomic E-state index is 12.5. The van der Waals surface area contributed by atoms with Gasteiger partial charge in [0.1, 0.15) is 19.0 Å². The van der Waals surface area contributed by atoms with E-state index in [-0.39, 0.29) is 12.2 Å². The standard InChI is InChI=1S/C35H34Br2N4O7/c1-4-46-29-16-25(32-31(34(43)45-3)20(2)39-35(44)40-32)11-12-28(29)47-19-30(42)41-38-17-22-14-26(36)33(27(37)15-22)48-18-21-9-10-23-7-5-6-8-24(23)13-21/h5-17,30,32,41-42H,4,18-19H2,1-3H3,(H2,39,40,44)/b38-17-/t30-,32-/m0/s1. The molecule has 1 heterocycles. The van der Waals surface area contributed by atoms with Crippen LogP contribution in [-0.4, -0.2) is 49.9 Å². The van der Waals surface area contributed by atoms with Gasteiger partial charge in [0.25, 0.3) is 0 Å². The molecule has 1 aliphatic rings. The summed E-state index contributed by atoms with van der Waals surface area (Å²) in [6.45, 7) is 4.03. The average molecular weight is 782 g/mol. The molecule has 4 aromatic carbocycles. The lowest BCUT2D eigenvalue weighted by atomic mass is 9.95. The van der Waals surface area contributed by atoms with Gasteiger partial charge in [0.05, 0.1) is 40.5 Å². The van der Waals surface area contributed by atoms with Crippen molar-refractivity contribution in [3.05, 3.63) is 110 Å². The van der Waals surface area contributed by atoms with Crippen molar-refractivity contribution in [3.63, 3.8) is 0 Å².